The second kappa shape index (κ2) is 14.2. The summed E-state index contributed by atoms with van der Waals surface area (Å²) in [6.45, 7) is 6.03. The van der Waals surface area contributed by atoms with Crippen molar-refractivity contribution in [2.75, 3.05) is 26.2 Å². The highest BCUT2D eigenvalue weighted by Gasteiger charge is 2.35. The number of nitrogens with zero attached hydrogens (tertiary/aromatic N) is 1. The number of carbonyl (C=O) groups excluding carboxylic acids is 2. The summed E-state index contributed by atoms with van der Waals surface area (Å²) in [6.07, 6.45) is 26.1. The lowest BCUT2D eigenvalue weighted by Crippen LogP contribution is -2.41. The third-order valence-electron chi connectivity index (χ3n) is 9.05. The molecule has 5 nitrogen and oxygen atoms in total. The van der Waals surface area contributed by atoms with Gasteiger partial charge in [0.05, 0.1) is 6.04 Å². The van der Waals surface area contributed by atoms with Crippen LogP contribution in [0.1, 0.15) is 90.4 Å². The van der Waals surface area contributed by atoms with E-state index in [1.165, 1.54) is 69.8 Å². The van der Waals surface area contributed by atoms with Crippen LogP contribution in [0.25, 0.3) is 0 Å². The largest absolute Gasteiger partial charge is 0.356 e. The normalized spacial score (nSPS) is 26.9. The summed E-state index contributed by atoms with van der Waals surface area (Å²) in [6, 6.07) is 0.153. The van der Waals surface area contributed by atoms with E-state index in [1.54, 1.807) is 0 Å². The Labute approximate surface area is 219 Å². The van der Waals surface area contributed by atoms with Gasteiger partial charge in [-0.3, -0.25) is 9.59 Å². The minimum absolute atomic E-state index is 0.132. The predicted molar refractivity (Wildman–Crippen MR) is 147 cm³/mol. The van der Waals surface area contributed by atoms with Crippen molar-refractivity contribution < 1.29 is 9.59 Å². The molecular formula is C31H49N3O2. The van der Waals surface area contributed by atoms with Crippen LogP contribution in [-0.2, 0) is 9.59 Å². The van der Waals surface area contributed by atoms with Gasteiger partial charge in [0.2, 0.25) is 11.8 Å². The van der Waals surface area contributed by atoms with E-state index in [1.807, 2.05) is 6.92 Å². The topological polar surface area (TPSA) is 61.4 Å². The van der Waals surface area contributed by atoms with Crippen molar-refractivity contribution in [1.82, 2.24) is 15.5 Å². The van der Waals surface area contributed by atoms with E-state index in [0.717, 1.165) is 39.0 Å². The van der Waals surface area contributed by atoms with E-state index < -0.39 is 0 Å². The maximum Gasteiger partial charge on any atom is 0.223 e. The maximum atomic E-state index is 13.3. The van der Waals surface area contributed by atoms with Crippen molar-refractivity contribution in [1.29, 1.82) is 0 Å². The Kier molecular flexibility index (Phi) is 10.7. The summed E-state index contributed by atoms with van der Waals surface area (Å²) in [5, 5.41) is 6.48. The monoisotopic (exact) mass is 495 g/mol. The van der Waals surface area contributed by atoms with Gasteiger partial charge in [-0.25, -0.2) is 0 Å². The first-order valence-electron chi connectivity index (χ1n) is 15.0. The fourth-order valence-electron chi connectivity index (χ4n) is 6.96. The van der Waals surface area contributed by atoms with Crippen molar-refractivity contribution in [2.24, 2.45) is 23.7 Å². The van der Waals surface area contributed by atoms with E-state index in [-0.39, 0.29) is 17.9 Å². The van der Waals surface area contributed by atoms with Gasteiger partial charge in [0, 0.05) is 18.9 Å². The van der Waals surface area contributed by atoms with Crippen LogP contribution in [0.4, 0.5) is 0 Å². The maximum absolute atomic E-state index is 13.3. The molecule has 2 fully saturated rings. The number of piperidine rings is 1. The third-order valence-corrected chi connectivity index (χ3v) is 9.05. The summed E-state index contributed by atoms with van der Waals surface area (Å²) < 4.78 is 0. The molecule has 1 saturated carbocycles. The lowest BCUT2D eigenvalue weighted by atomic mass is 9.71. The average molecular weight is 496 g/mol. The Morgan fingerprint density at radius 3 is 2.56 bits per heavy atom. The number of allylic oxidation sites excluding steroid dienone is 4. The first-order valence-corrected chi connectivity index (χ1v) is 15.0. The highest BCUT2D eigenvalue weighted by atomic mass is 16.2. The van der Waals surface area contributed by atoms with Crippen molar-refractivity contribution in [3.8, 4) is 0 Å². The molecule has 3 atom stereocenters. The molecule has 1 aliphatic heterocycles. The third kappa shape index (κ3) is 7.81. The van der Waals surface area contributed by atoms with Gasteiger partial charge in [0.25, 0.3) is 0 Å². The zero-order valence-electron chi connectivity index (χ0n) is 22.6. The Bertz CT molecular complexity index is 803. The molecule has 1 saturated heterocycles. The molecular weight excluding hydrogens is 446 g/mol. The van der Waals surface area contributed by atoms with Crippen LogP contribution in [0.3, 0.4) is 0 Å². The fourth-order valence-corrected chi connectivity index (χ4v) is 6.96. The van der Waals surface area contributed by atoms with Crippen LogP contribution in [-0.4, -0.2) is 48.9 Å². The van der Waals surface area contributed by atoms with Crippen molar-refractivity contribution in [3.63, 3.8) is 0 Å². The Hall–Kier alpha value is -1.88. The van der Waals surface area contributed by atoms with Gasteiger partial charge in [-0.1, -0.05) is 62.1 Å². The predicted octanol–water partition coefficient (Wildman–Crippen LogP) is 5.54. The number of likely N-dealkylation sites (tertiary alicyclic amines) is 1. The first kappa shape index (κ1) is 27.2. The summed E-state index contributed by atoms with van der Waals surface area (Å²) in [7, 11) is 0. The molecule has 5 heteroatoms. The summed E-state index contributed by atoms with van der Waals surface area (Å²) in [5.74, 6) is 2.28. The molecule has 1 heterocycles. The van der Waals surface area contributed by atoms with Gasteiger partial charge in [-0.15, -0.1) is 0 Å². The van der Waals surface area contributed by atoms with E-state index in [9.17, 15) is 9.59 Å². The van der Waals surface area contributed by atoms with Gasteiger partial charge in [0.15, 0.2) is 0 Å². The lowest BCUT2D eigenvalue weighted by molar-refractivity contribution is -0.128. The van der Waals surface area contributed by atoms with Crippen LogP contribution in [0, 0.1) is 23.7 Å². The molecule has 3 unspecified atom stereocenters. The summed E-state index contributed by atoms with van der Waals surface area (Å²) >= 11 is 0. The minimum atomic E-state index is 0.132. The molecule has 2 amide bonds. The quantitative estimate of drug-likeness (QED) is 0.309. The molecule has 4 rings (SSSR count). The van der Waals surface area contributed by atoms with Crippen LogP contribution >= 0.6 is 0 Å². The number of nitrogens with one attached hydrogen (secondary N) is 2. The molecule has 0 aromatic rings. The first-order chi connectivity index (χ1) is 17.6. The Morgan fingerprint density at radius 2 is 1.83 bits per heavy atom. The van der Waals surface area contributed by atoms with Crippen molar-refractivity contribution in [2.45, 2.75) is 96.4 Å². The van der Waals surface area contributed by atoms with Crippen LogP contribution < -0.4 is 10.6 Å². The second-order valence-electron chi connectivity index (χ2n) is 11.6. The molecule has 200 valence electrons. The van der Waals surface area contributed by atoms with Gasteiger partial charge in [0.1, 0.15) is 0 Å². The fraction of sp³-hybridized carbons (Fsp3) is 0.742. The molecule has 36 heavy (non-hydrogen) atoms. The average Bonchev–Trinajstić information content (AvgIpc) is 2.93. The molecule has 3 aliphatic carbocycles. The Morgan fingerprint density at radius 1 is 1.03 bits per heavy atom. The molecule has 0 spiro atoms. The number of hydrogen-bond donors (Lipinski definition) is 2. The highest BCUT2D eigenvalue weighted by molar-refractivity contribution is 5.79. The Balaban J connectivity index is 1.16. The number of hydrogen-bond acceptors (Lipinski definition) is 3. The van der Waals surface area contributed by atoms with Gasteiger partial charge in [-0.05, 0) is 95.2 Å². The highest BCUT2D eigenvalue weighted by Crippen LogP contribution is 2.38. The summed E-state index contributed by atoms with van der Waals surface area (Å²) in [5.41, 5.74) is 1.50. The number of carbonyl (C=O) groups is 2. The van der Waals surface area contributed by atoms with Gasteiger partial charge >= 0.3 is 0 Å². The zero-order chi connectivity index (χ0) is 25.2. The standard InChI is InChI=1S/C31H49N3O2/c1-2-29(35)33-28-16-9-15-27(23-28)24-17-21-34(22-18-24)20-10-19-32-31(36)30(25-11-5-3-6-12-25)26-13-7-4-8-14-26/h5,9,11,15-16,24-26,28,30H,2-4,6-8,10,12-14,17-23H2,1H3,(H,32,36)(H,33,35). The van der Waals surface area contributed by atoms with Crippen molar-refractivity contribution in [3.05, 3.63) is 36.0 Å². The molecule has 0 bridgehead atoms. The van der Waals surface area contributed by atoms with Gasteiger partial charge < -0.3 is 15.5 Å². The smallest absolute Gasteiger partial charge is 0.223 e. The molecule has 0 radical (unpaired) electrons. The molecule has 2 N–H and O–H groups in total. The second-order valence-corrected chi connectivity index (χ2v) is 11.6. The minimum Gasteiger partial charge on any atom is -0.356 e. The van der Waals surface area contributed by atoms with Crippen molar-refractivity contribution >= 4 is 11.8 Å². The summed E-state index contributed by atoms with van der Waals surface area (Å²) in [4.78, 5) is 27.7. The number of amides is 2. The van der Waals surface area contributed by atoms with E-state index >= 15 is 0 Å². The van der Waals surface area contributed by atoms with E-state index in [0.29, 0.717) is 30.1 Å². The SMILES string of the molecule is CCC(=O)NC1C=CC=C(C2CCN(CCCNC(=O)C(C3C=CCCC3)C3CCCCC3)CC2)C1. The van der Waals surface area contributed by atoms with Crippen LogP contribution in [0.15, 0.2) is 36.0 Å². The van der Waals surface area contributed by atoms with Crippen LogP contribution in [0.5, 0.6) is 0 Å². The molecule has 4 aliphatic rings. The lowest BCUT2D eigenvalue weighted by Gasteiger charge is -2.35. The van der Waals surface area contributed by atoms with Gasteiger partial charge in [-0.2, -0.15) is 0 Å². The molecule has 0 aromatic carbocycles. The van der Waals surface area contributed by atoms with E-state index in [2.05, 4.69) is 45.9 Å². The van der Waals surface area contributed by atoms with E-state index in [4.69, 9.17) is 0 Å². The zero-order valence-corrected chi connectivity index (χ0v) is 22.6. The van der Waals surface area contributed by atoms with Crippen LogP contribution in [0.2, 0.25) is 0 Å². The number of rotatable bonds is 10. The molecule has 0 aromatic heterocycles.